The average molecular weight is 978 g/mol. The number of aliphatic imine (C=N–C) groups is 1. The van der Waals surface area contributed by atoms with E-state index >= 15 is 0 Å². The van der Waals surface area contributed by atoms with Gasteiger partial charge in [0.05, 0.1) is 50.6 Å². The van der Waals surface area contributed by atoms with Gasteiger partial charge >= 0.3 is 0 Å². The summed E-state index contributed by atoms with van der Waals surface area (Å²) in [5.41, 5.74) is 8.01. The highest BCUT2D eigenvalue weighted by molar-refractivity contribution is 7.17. The lowest BCUT2D eigenvalue weighted by Gasteiger charge is -2.35. The second-order valence-electron chi connectivity index (χ2n) is 18.2. The van der Waals surface area contributed by atoms with Crippen molar-refractivity contribution in [2.24, 2.45) is 10.4 Å². The molecular weight excluding hydrogens is 920 g/mol. The Bertz CT molecular complexity index is 2800. The van der Waals surface area contributed by atoms with E-state index in [0.717, 1.165) is 54.0 Å². The number of β-amino-alcohol motifs (C(OH)–C–C–N with tert-alkyl or cyclic N) is 1. The normalized spacial score (nSPS) is 17.9. The van der Waals surface area contributed by atoms with E-state index in [4.69, 9.17) is 32.1 Å². The van der Waals surface area contributed by atoms with Gasteiger partial charge in [-0.15, -0.1) is 22.7 Å². The van der Waals surface area contributed by atoms with Crippen molar-refractivity contribution in [3.05, 3.63) is 110 Å². The Balaban J connectivity index is 0.920. The second-order valence-corrected chi connectivity index (χ2v) is 20.5. The molecule has 3 amide bonds. The highest BCUT2D eigenvalue weighted by Gasteiger charge is 2.45. The summed E-state index contributed by atoms with van der Waals surface area (Å²) in [7, 11) is 0. The number of aryl methyl sites for hydroxylation is 2. The number of thiophene rings is 1. The molecule has 5 aromatic rings. The van der Waals surface area contributed by atoms with Crippen molar-refractivity contribution in [2.45, 2.75) is 105 Å². The lowest BCUT2D eigenvalue weighted by atomic mass is 9.85. The van der Waals surface area contributed by atoms with Gasteiger partial charge in [0.1, 0.15) is 41.4 Å². The first kappa shape index (κ1) is 49.9. The minimum absolute atomic E-state index is 0.0273. The van der Waals surface area contributed by atoms with E-state index in [2.05, 4.69) is 32.6 Å². The van der Waals surface area contributed by atoms with Crippen LogP contribution in [0.1, 0.15) is 98.8 Å². The minimum atomic E-state index is -0.981. The second kappa shape index (κ2) is 21.1. The van der Waals surface area contributed by atoms with Crippen LogP contribution in [0.15, 0.2) is 71.4 Å². The summed E-state index contributed by atoms with van der Waals surface area (Å²) in [4.78, 5) is 55.2. The van der Waals surface area contributed by atoms with E-state index in [0.29, 0.717) is 23.6 Å². The van der Waals surface area contributed by atoms with Gasteiger partial charge in [0.2, 0.25) is 17.7 Å². The molecule has 1 saturated heterocycles. The number of likely N-dealkylation sites (tertiary alicyclic amines) is 1. The zero-order valence-corrected chi connectivity index (χ0v) is 41.8. The first-order valence-corrected chi connectivity index (χ1v) is 24.5. The predicted octanol–water partition coefficient (Wildman–Crippen LogP) is 7.54. The summed E-state index contributed by atoms with van der Waals surface area (Å²) in [6.45, 7) is 15.3. The van der Waals surface area contributed by atoms with E-state index < -0.39 is 41.5 Å². The molecule has 2 aliphatic rings. The number of ether oxygens (including phenoxy) is 1. The zero-order valence-electron chi connectivity index (χ0n) is 39.4. The molecule has 0 aliphatic carbocycles. The molecule has 5 N–H and O–H groups in total. The van der Waals surface area contributed by atoms with Crippen LogP contribution in [0.25, 0.3) is 10.4 Å². The van der Waals surface area contributed by atoms with E-state index in [1.807, 2.05) is 109 Å². The van der Waals surface area contributed by atoms with Gasteiger partial charge < -0.3 is 25.4 Å². The van der Waals surface area contributed by atoms with Gasteiger partial charge in [-0.2, -0.15) is 5.10 Å². The van der Waals surface area contributed by atoms with E-state index in [9.17, 15) is 19.5 Å². The Morgan fingerprint density at radius 3 is 2.43 bits per heavy atom. The Labute approximate surface area is 410 Å². The van der Waals surface area contributed by atoms with Crippen LogP contribution in [0, 0.1) is 41.9 Å². The lowest BCUT2D eigenvalue weighted by molar-refractivity contribution is -0.144. The highest BCUT2D eigenvalue weighted by Crippen LogP contribution is 2.40. The van der Waals surface area contributed by atoms with Gasteiger partial charge in [-0.1, -0.05) is 80.6 Å². The Hall–Kier alpha value is -6.03. The van der Waals surface area contributed by atoms with Gasteiger partial charge in [0, 0.05) is 48.5 Å². The minimum Gasteiger partial charge on any atom is -0.391 e. The van der Waals surface area contributed by atoms with Crippen molar-refractivity contribution >= 4 is 74.4 Å². The molecule has 4 unspecified atom stereocenters. The molecule has 2 aliphatic heterocycles. The van der Waals surface area contributed by atoms with E-state index in [1.54, 1.807) is 34.0 Å². The molecule has 0 spiro atoms. The zero-order chi connectivity index (χ0) is 49.0. The number of aliphatic hydroxyl groups excluding tert-OH is 1. The molecule has 3 aromatic heterocycles. The molecule has 7 rings (SSSR count). The summed E-state index contributed by atoms with van der Waals surface area (Å²) in [5.74, 6) is 5.65. The van der Waals surface area contributed by atoms with Crippen molar-refractivity contribution in [1.82, 2.24) is 30.3 Å². The topological polar surface area (TPSA) is 202 Å². The molecule has 0 bridgehead atoms. The maximum absolute atomic E-state index is 14.1. The van der Waals surface area contributed by atoms with Gasteiger partial charge in [-0.05, 0) is 75.3 Å². The third-order valence-electron chi connectivity index (χ3n) is 11.9. The predicted molar refractivity (Wildman–Crippen MR) is 269 cm³/mol. The SMILES string of the molecule is CC(=N)N1C(=N)[C@H](C)N=C(c2ccc(Cl)cc2)c2c1sc(C#Cc1cnn(CCCOCC(=O)NC(C(=O)N3CC(O)CC3C(=O)NC(C)c3ccc(-c4scnc4C)cc3)C(C)(C)C)c1)c2C. The molecule has 356 valence electrons. The molecule has 0 radical (unpaired) electrons. The summed E-state index contributed by atoms with van der Waals surface area (Å²) in [5, 5.41) is 39.8. The molecule has 5 heterocycles. The maximum Gasteiger partial charge on any atom is 0.246 e. The number of thiazole rings is 1. The van der Waals surface area contributed by atoms with Crippen LogP contribution in [0.4, 0.5) is 5.00 Å². The number of fused-ring (bicyclic) bond motifs is 1. The number of carbonyl (C=O) groups is 3. The van der Waals surface area contributed by atoms with E-state index in [1.165, 1.54) is 16.2 Å². The van der Waals surface area contributed by atoms with Crippen LogP contribution >= 0.6 is 34.3 Å². The van der Waals surface area contributed by atoms with Crippen molar-refractivity contribution in [2.75, 3.05) is 24.7 Å². The van der Waals surface area contributed by atoms with Crippen molar-refractivity contribution < 1.29 is 24.2 Å². The van der Waals surface area contributed by atoms with Crippen LogP contribution < -0.4 is 15.5 Å². The fourth-order valence-electron chi connectivity index (χ4n) is 8.22. The number of hydrogen-bond acceptors (Lipinski definition) is 12. The smallest absolute Gasteiger partial charge is 0.246 e. The monoisotopic (exact) mass is 976 g/mol. The Kier molecular flexibility index (Phi) is 15.5. The van der Waals surface area contributed by atoms with Gasteiger partial charge in [0.15, 0.2) is 0 Å². The van der Waals surface area contributed by atoms with Crippen LogP contribution in [0.5, 0.6) is 0 Å². The number of carbonyl (C=O) groups excluding carboxylic acids is 3. The number of amides is 3. The quantitative estimate of drug-likeness (QED) is 0.0345. The Morgan fingerprint density at radius 1 is 1.06 bits per heavy atom. The first-order chi connectivity index (χ1) is 32.3. The number of rotatable bonds is 13. The maximum atomic E-state index is 14.1. The van der Waals surface area contributed by atoms with Crippen molar-refractivity contribution in [3.63, 3.8) is 0 Å². The van der Waals surface area contributed by atoms with Crippen LogP contribution in [0.2, 0.25) is 5.02 Å². The largest absolute Gasteiger partial charge is 0.391 e. The van der Waals surface area contributed by atoms with Gasteiger partial charge in [0.25, 0.3) is 0 Å². The molecule has 5 atom stereocenters. The third-order valence-corrected chi connectivity index (χ3v) is 14.3. The number of hydrogen-bond donors (Lipinski definition) is 5. The van der Waals surface area contributed by atoms with Gasteiger partial charge in [-0.3, -0.25) is 39.8 Å². The summed E-state index contributed by atoms with van der Waals surface area (Å²) in [6.07, 6.45) is 3.27. The Morgan fingerprint density at radius 2 is 1.76 bits per heavy atom. The molecule has 18 heteroatoms. The molecule has 68 heavy (non-hydrogen) atoms. The van der Waals surface area contributed by atoms with Crippen molar-refractivity contribution in [3.8, 4) is 22.3 Å². The van der Waals surface area contributed by atoms with Gasteiger partial charge in [-0.25, -0.2) is 4.98 Å². The molecule has 0 saturated carbocycles. The molecular formula is C50H57ClN10O5S2. The van der Waals surface area contributed by atoms with E-state index in [-0.39, 0.29) is 49.8 Å². The molecule has 2 aromatic carbocycles. The lowest BCUT2D eigenvalue weighted by Crippen LogP contribution is -2.58. The number of amidine groups is 2. The number of nitrogens with zero attached hydrogens (tertiary/aromatic N) is 6. The number of aromatic nitrogens is 3. The number of aliphatic hydroxyl groups is 1. The van der Waals surface area contributed by atoms with Crippen LogP contribution in [-0.2, 0) is 25.7 Å². The fourth-order valence-corrected chi connectivity index (χ4v) is 10.4. The molecule has 1 fully saturated rings. The number of halogens is 1. The average Bonchev–Trinajstić information content (AvgIpc) is 4.09. The summed E-state index contributed by atoms with van der Waals surface area (Å²) >= 11 is 9.20. The fraction of sp³-hybridized carbons (Fsp3) is 0.400. The van der Waals surface area contributed by atoms with Crippen LogP contribution in [0.3, 0.4) is 0 Å². The molecule has 15 nitrogen and oxygen atoms in total. The summed E-state index contributed by atoms with van der Waals surface area (Å²) in [6, 6.07) is 12.6. The van der Waals surface area contributed by atoms with Crippen LogP contribution in [-0.4, -0.2) is 104 Å². The standard InChI is InChI=1S/C50H57ClN10O5S2/c1-28-40(68-49-42(28)43(35-15-17-37(51)18-16-35)56-31(4)46(53)61(49)32(5)52)19-10-33-23-55-59(24-33)20-9-21-66-26-41(63)58-45(50(6,7)8)48(65)60-25-38(62)22-39(60)47(64)57-29(2)34-11-13-36(14-12-34)44-30(3)54-27-67-44/h11-18,23-24,27,29,31,38-39,45,52-53,62H,9,20-22,25-26H2,1-8H3,(H,57,64)(H,58,63)/t29?,31-,38?,39?,45?/m0/s1. The number of anilines is 1. The third kappa shape index (κ3) is 11.3. The summed E-state index contributed by atoms with van der Waals surface area (Å²) < 4.78 is 7.49. The van der Waals surface area contributed by atoms with Crippen molar-refractivity contribution in [1.29, 1.82) is 10.8 Å². The first-order valence-electron chi connectivity index (χ1n) is 22.4. The number of nitrogens with one attached hydrogen (secondary N) is 4. The number of benzene rings is 2. The highest BCUT2D eigenvalue weighted by atomic mass is 35.5.